The zero-order valence-electron chi connectivity index (χ0n) is 15.9. The summed E-state index contributed by atoms with van der Waals surface area (Å²) in [5.74, 6) is 0.934. The van der Waals surface area contributed by atoms with E-state index in [1.165, 1.54) is 5.56 Å². The number of nitrogens with zero attached hydrogens (tertiary/aromatic N) is 6. The summed E-state index contributed by atoms with van der Waals surface area (Å²) >= 11 is 0. The van der Waals surface area contributed by atoms with Crippen LogP contribution in [-0.4, -0.2) is 14.6 Å². The van der Waals surface area contributed by atoms with Crippen LogP contribution in [0, 0.1) is 20.8 Å². The van der Waals surface area contributed by atoms with Gasteiger partial charge in [0.15, 0.2) is 17.2 Å². The maximum absolute atomic E-state index is 6.09. The third-order valence-corrected chi connectivity index (χ3v) is 4.31. The highest BCUT2D eigenvalue weighted by Crippen LogP contribution is 2.33. The number of nitrogens with one attached hydrogen (secondary N) is 1. The number of fused-ring (bicyclic) bond motifs is 1. The summed E-state index contributed by atoms with van der Waals surface area (Å²) in [6, 6.07) is 15.6. The van der Waals surface area contributed by atoms with E-state index in [1.54, 1.807) is 4.52 Å². The Morgan fingerprint density at radius 3 is 1.89 bits per heavy atom. The lowest BCUT2D eigenvalue weighted by Crippen LogP contribution is -1.88. The molecular formula is C20H20N8. The molecule has 0 aliphatic carbocycles. The minimum Gasteiger partial charge on any atom is -0.382 e. The lowest BCUT2D eigenvalue weighted by atomic mass is 10.2. The first-order valence-corrected chi connectivity index (χ1v) is 8.84. The fourth-order valence-corrected chi connectivity index (χ4v) is 2.73. The highest BCUT2D eigenvalue weighted by Gasteiger charge is 2.17. The van der Waals surface area contributed by atoms with Crippen molar-refractivity contribution in [1.82, 2.24) is 14.6 Å². The molecule has 0 aliphatic heterocycles. The lowest BCUT2D eigenvalue weighted by molar-refractivity contribution is 0.954. The van der Waals surface area contributed by atoms with E-state index in [-0.39, 0.29) is 0 Å². The molecule has 8 heteroatoms. The van der Waals surface area contributed by atoms with E-state index >= 15 is 0 Å². The highest BCUT2D eigenvalue weighted by molar-refractivity contribution is 5.77. The summed E-state index contributed by atoms with van der Waals surface area (Å²) in [5.41, 5.74) is 11.7. The van der Waals surface area contributed by atoms with E-state index in [1.807, 2.05) is 69.3 Å². The van der Waals surface area contributed by atoms with E-state index in [4.69, 9.17) is 5.73 Å². The van der Waals surface area contributed by atoms with Crippen LogP contribution in [0.25, 0.3) is 5.65 Å². The molecule has 28 heavy (non-hydrogen) atoms. The van der Waals surface area contributed by atoms with E-state index in [0.717, 1.165) is 16.9 Å². The van der Waals surface area contributed by atoms with Gasteiger partial charge in [0, 0.05) is 0 Å². The van der Waals surface area contributed by atoms with Crippen LogP contribution in [0.15, 0.2) is 69.0 Å². The molecule has 0 atom stereocenters. The van der Waals surface area contributed by atoms with Gasteiger partial charge >= 0.3 is 0 Å². The first kappa shape index (κ1) is 17.6. The molecule has 0 spiro atoms. The second-order valence-corrected chi connectivity index (χ2v) is 6.63. The number of benzene rings is 2. The van der Waals surface area contributed by atoms with Crippen LogP contribution in [-0.2, 0) is 0 Å². The minimum absolute atomic E-state index is 0.366. The Hall–Kier alpha value is -3.81. The average Bonchev–Trinajstić information content (AvgIpc) is 3.14. The van der Waals surface area contributed by atoms with E-state index in [2.05, 4.69) is 30.5 Å². The van der Waals surface area contributed by atoms with Crippen molar-refractivity contribution in [2.45, 2.75) is 20.8 Å². The number of H-pyrrole nitrogens is 1. The average molecular weight is 372 g/mol. The number of aromatic amines is 1. The Bertz CT molecular complexity index is 1080. The maximum atomic E-state index is 6.09. The number of aromatic nitrogens is 3. The molecule has 2 aromatic carbocycles. The highest BCUT2D eigenvalue weighted by atomic mass is 15.4. The number of aryl methyl sites for hydroxylation is 3. The van der Waals surface area contributed by atoms with Crippen LogP contribution in [0.5, 0.6) is 0 Å². The zero-order valence-corrected chi connectivity index (χ0v) is 15.9. The Morgan fingerprint density at radius 1 is 0.786 bits per heavy atom. The number of hydrogen-bond donors (Lipinski definition) is 2. The Kier molecular flexibility index (Phi) is 4.44. The number of nitrogens with two attached hydrogens (primary N) is 1. The fourth-order valence-electron chi connectivity index (χ4n) is 2.73. The third kappa shape index (κ3) is 3.39. The molecule has 2 heterocycles. The molecule has 2 aromatic heterocycles. The number of hydrogen-bond acceptors (Lipinski definition) is 6. The number of imidazole rings is 1. The number of anilines is 1. The second kappa shape index (κ2) is 7.07. The number of azo groups is 2. The summed E-state index contributed by atoms with van der Waals surface area (Å²) in [5, 5.41) is 20.2. The molecular weight excluding hydrogens is 352 g/mol. The summed E-state index contributed by atoms with van der Waals surface area (Å²) in [6.07, 6.45) is 0. The van der Waals surface area contributed by atoms with E-state index in [9.17, 15) is 0 Å². The molecule has 0 amide bonds. The van der Waals surface area contributed by atoms with Gasteiger partial charge in [-0.2, -0.15) is 5.11 Å². The molecule has 8 nitrogen and oxygen atoms in total. The molecule has 0 radical (unpaired) electrons. The Morgan fingerprint density at radius 2 is 1.32 bits per heavy atom. The molecule has 0 fully saturated rings. The van der Waals surface area contributed by atoms with Crippen LogP contribution in [0.2, 0.25) is 0 Å². The van der Waals surface area contributed by atoms with Crippen molar-refractivity contribution in [2.24, 2.45) is 20.5 Å². The van der Waals surface area contributed by atoms with Crippen LogP contribution >= 0.6 is 0 Å². The van der Waals surface area contributed by atoms with Gasteiger partial charge in [0.05, 0.1) is 17.1 Å². The predicted molar refractivity (Wildman–Crippen MR) is 109 cm³/mol. The van der Waals surface area contributed by atoms with Crippen molar-refractivity contribution in [1.29, 1.82) is 0 Å². The van der Waals surface area contributed by atoms with Gasteiger partial charge in [-0.1, -0.05) is 35.4 Å². The van der Waals surface area contributed by atoms with Gasteiger partial charge in [0.25, 0.3) is 0 Å². The van der Waals surface area contributed by atoms with E-state index in [0.29, 0.717) is 28.7 Å². The maximum Gasteiger partial charge on any atom is 0.197 e. The van der Waals surface area contributed by atoms with Crippen LogP contribution < -0.4 is 5.73 Å². The number of nitrogen functional groups attached to an aromatic ring is 1. The summed E-state index contributed by atoms with van der Waals surface area (Å²) < 4.78 is 1.67. The first-order chi connectivity index (χ1) is 13.5. The van der Waals surface area contributed by atoms with Gasteiger partial charge < -0.3 is 5.73 Å². The van der Waals surface area contributed by atoms with E-state index < -0.39 is 0 Å². The zero-order chi connectivity index (χ0) is 19.7. The molecule has 0 aliphatic rings. The summed E-state index contributed by atoms with van der Waals surface area (Å²) in [4.78, 5) is 4.53. The summed E-state index contributed by atoms with van der Waals surface area (Å²) in [6.45, 7) is 5.91. The van der Waals surface area contributed by atoms with Gasteiger partial charge in [-0.05, 0) is 45.0 Å². The van der Waals surface area contributed by atoms with Crippen molar-refractivity contribution >= 4 is 34.3 Å². The monoisotopic (exact) mass is 372 g/mol. The summed E-state index contributed by atoms with van der Waals surface area (Å²) in [7, 11) is 0. The Labute approximate surface area is 161 Å². The quantitative estimate of drug-likeness (QED) is 0.428. The van der Waals surface area contributed by atoms with Gasteiger partial charge in [0.2, 0.25) is 0 Å². The topological polar surface area (TPSA) is 109 Å². The molecule has 4 aromatic rings. The van der Waals surface area contributed by atoms with Crippen LogP contribution in [0.3, 0.4) is 0 Å². The fraction of sp³-hybridized carbons (Fsp3) is 0.150. The lowest BCUT2D eigenvalue weighted by Gasteiger charge is -1.95. The van der Waals surface area contributed by atoms with Gasteiger partial charge in [0.1, 0.15) is 5.82 Å². The second-order valence-electron chi connectivity index (χ2n) is 6.63. The number of rotatable bonds is 4. The van der Waals surface area contributed by atoms with Crippen molar-refractivity contribution in [3.8, 4) is 0 Å². The van der Waals surface area contributed by atoms with Gasteiger partial charge in [-0.25, -0.2) is 9.50 Å². The molecule has 0 bridgehead atoms. The molecule has 0 saturated heterocycles. The van der Waals surface area contributed by atoms with Crippen LogP contribution in [0.4, 0.5) is 28.7 Å². The third-order valence-electron chi connectivity index (χ3n) is 4.31. The van der Waals surface area contributed by atoms with Crippen LogP contribution in [0.1, 0.15) is 16.8 Å². The van der Waals surface area contributed by atoms with Crippen molar-refractivity contribution in [2.75, 3.05) is 5.73 Å². The normalized spacial score (nSPS) is 12.0. The molecule has 0 saturated carbocycles. The molecule has 3 N–H and O–H groups in total. The SMILES string of the molecule is Cc1ccc(N=Nc2c(N)[nH]n3c(N=Nc4ccc(C)cc4)c(C)nc23)cc1. The first-order valence-electron chi connectivity index (χ1n) is 8.84. The smallest absolute Gasteiger partial charge is 0.197 e. The molecule has 140 valence electrons. The molecule has 0 unspecified atom stereocenters. The van der Waals surface area contributed by atoms with Crippen molar-refractivity contribution in [3.05, 3.63) is 65.4 Å². The largest absolute Gasteiger partial charge is 0.382 e. The Balaban J connectivity index is 1.69. The minimum atomic E-state index is 0.366. The van der Waals surface area contributed by atoms with Crippen molar-refractivity contribution in [3.63, 3.8) is 0 Å². The predicted octanol–water partition coefficient (Wildman–Crippen LogP) is 6.00. The molecule has 4 rings (SSSR count). The van der Waals surface area contributed by atoms with Gasteiger partial charge in [-0.3, -0.25) is 5.10 Å². The standard InChI is InChI=1S/C20H20N8/c1-12-4-8-15(9-5-12)23-25-17-18(21)27-28-19(14(3)22-20(17)28)26-24-16-10-6-13(2)7-11-16/h4-11,27H,21H2,1-3H3. The van der Waals surface area contributed by atoms with Crippen molar-refractivity contribution < 1.29 is 0 Å². The van der Waals surface area contributed by atoms with Gasteiger partial charge in [-0.15, -0.1) is 15.3 Å².